The Bertz CT molecular complexity index is 718. The van der Waals surface area contributed by atoms with Crippen LogP contribution in [0.3, 0.4) is 0 Å². The molecular weight excluding hydrogens is 360 g/mol. The van der Waals surface area contributed by atoms with Crippen molar-refractivity contribution in [2.75, 3.05) is 50.8 Å². The van der Waals surface area contributed by atoms with Crippen molar-refractivity contribution in [2.24, 2.45) is 0 Å². The monoisotopic (exact) mass is 388 g/mol. The first-order valence-electron chi connectivity index (χ1n) is 9.91. The Morgan fingerprint density at radius 3 is 2.64 bits per heavy atom. The number of rotatable bonds is 7. The molecule has 0 spiro atoms. The molecule has 0 saturated carbocycles. The Hall–Kier alpha value is -2.45. The first-order valence-corrected chi connectivity index (χ1v) is 9.91. The fourth-order valence-electron chi connectivity index (χ4n) is 3.59. The average molecular weight is 388 g/mol. The molecule has 0 radical (unpaired) electrons. The number of fused-ring (bicyclic) bond motifs is 1. The first-order chi connectivity index (χ1) is 13.6. The van der Waals surface area contributed by atoms with E-state index in [0.717, 1.165) is 56.9 Å². The summed E-state index contributed by atoms with van der Waals surface area (Å²) in [6.45, 7) is 7.10. The van der Waals surface area contributed by atoms with Crippen molar-refractivity contribution in [1.82, 2.24) is 15.5 Å². The summed E-state index contributed by atoms with van der Waals surface area (Å²) in [4.78, 5) is 41.1. The summed E-state index contributed by atoms with van der Waals surface area (Å²) in [5.74, 6) is -1.68. The van der Waals surface area contributed by atoms with Crippen LogP contribution in [0.15, 0.2) is 24.3 Å². The summed E-state index contributed by atoms with van der Waals surface area (Å²) in [6, 6.07) is 6.55. The minimum absolute atomic E-state index is 0.198. The zero-order valence-corrected chi connectivity index (χ0v) is 16.3. The number of hydrogen-bond donors (Lipinski definition) is 2. The number of carbonyl (C=O) groups is 3. The molecule has 1 atom stereocenters. The van der Waals surface area contributed by atoms with E-state index in [0.29, 0.717) is 13.1 Å². The van der Waals surface area contributed by atoms with Gasteiger partial charge < -0.3 is 20.3 Å². The molecule has 1 aromatic carbocycles. The van der Waals surface area contributed by atoms with E-state index in [1.165, 1.54) is 0 Å². The number of amides is 3. The van der Waals surface area contributed by atoms with Gasteiger partial charge in [0.1, 0.15) is 6.04 Å². The summed E-state index contributed by atoms with van der Waals surface area (Å²) < 4.78 is 5.30. The molecule has 2 aliphatic heterocycles. The molecule has 3 amide bonds. The van der Waals surface area contributed by atoms with Crippen LogP contribution in [-0.2, 0) is 19.1 Å². The number of nitrogens with one attached hydrogen (secondary N) is 2. The Morgan fingerprint density at radius 1 is 1.14 bits per heavy atom. The van der Waals surface area contributed by atoms with Gasteiger partial charge in [0.05, 0.1) is 13.2 Å². The number of benzene rings is 1. The van der Waals surface area contributed by atoms with Crippen LogP contribution in [0, 0.1) is 0 Å². The molecular formula is C20H28N4O4. The van der Waals surface area contributed by atoms with Crippen molar-refractivity contribution in [3.8, 4) is 0 Å². The van der Waals surface area contributed by atoms with Crippen LogP contribution in [0.25, 0.3) is 0 Å². The van der Waals surface area contributed by atoms with Crippen molar-refractivity contribution in [3.63, 3.8) is 0 Å². The second-order valence-electron chi connectivity index (χ2n) is 7.02. The van der Waals surface area contributed by atoms with Gasteiger partial charge in [-0.05, 0) is 25.5 Å². The number of morpholine rings is 1. The standard InChI is InChI=1S/C20H28N4O4/c1-2-9-24-16-7-4-3-6-15(16)17(20(24)27)22-19(26)18(25)21-8-5-10-23-11-13-28-14-12-23/h3-4,6-7,17H,2,5,8-14H2,1H3,(H,21,25)(H,22,26)/t17-/m0/s1. The Labute approximate surface area is 165 Å². The second-order valence-corrected chi connectivity index (χ2v) is 7.02. The minimum Gasteiger partial charge on any atom is -0.379 e. The highest BCUT2D eigenvalue weighted by Crippen LogP contribution is 2.35. The molecule has 3 rings (SSSR count). The summed E-state index contributed by atoms with van der Waals surface area (Å²) in [6.07, 6.45) is 1.57. The van der Waals surface area contributed by atoms with Gasteiger partial charge >= 0.3 is 11.8 Å². The zero-order valence-electron chi connectivity index (χ0n) is 16.3. The highest BCUT2D eigenvalue weighted by atomic mass is 16.5. The molecule has 0 bridgehead atoms. The molecule has 152 valence electrons. The van der Waals surface area contributed by atoms with Gasteiger partial charge in [-0.2, -0.15) is 0 Å². The molecule has 8 nitrogen and oxygen atoms in total. The van der Waals surface area contributed by atoms with Crippen LogP contribution in [-0.4, -0.2) is 68.6 Å². The van der Waals surface area contributed by atoms with Gasteiger partial charge in [-0.15, -0.1) is 0 Å². The van der Waals surface area contributed by atoms with Gasteiger partial charge in [-0.25, -0.2) is 0 Å². The predicted octanol–water partition coefficient (Wildman–Crippen LogP) is 0.439. The first kappa shape index (κ1) is 20.3. The van der Waals surface area contributed by atoms with E-state index in [2.05, 4.69) is 15.5 Å². The van der Waals surface area contributed by atoms with Gasteiger partial charge in [0, 0.05) is 37.4 Å². The normalized spacial score (nSPS) is 19.4. The van der Waals surface area contributed by atoms with E-state index >= 15 is 0 Å². The zero-order chi connectivity index (χ0) is 19.9. The fraction of sp³-hybridized carbons (Fsp3) is 0.550. The Balaban J connectivity index is 1.49. The maximum Gasteiger partial charge on any atom is 0.310 e. The van der Waals surface area contributed by atoms with Crippen LogP contribution in [0.5, 0.6) is 0 Å². The number of anilines is 1. The van der Waals surface area contributed by atoms with Gasteiger partial charge in [0.2, 0.25) is 0 Å². The third-order valence-corrected chi connectivity index (χ3v) is 5.02. The molecule has 2 aliphatic rings. The quantitative estimate of drug-likeness (QED) is 0.523. The third-order valence-electron chi connectivity index (χ3n) is 5.02. The highest BCUT2D eigenvalue weighted by molar-refractivity contribution is 6.35. The average Bonchev–Trinajstić information content (AvgIpc) is 2.98. The maximum absolute atomic E-state index is 12.7. The number of ether oxygens (including phenoxy) is 1. The predicted molar refractivity (Wildman–Crippen MR) is 105 cm³/mol. The van der Waals surface area contributed by atoms with Crippen molar-refractivity contribution < 1.29 is 19.1 Å². The van der Waals surface area contributed by atoms with Crippen molar-refractivity contribution in [2.45, 2.75) is 25.8 Å². The summed E-state index contributed by atoms with van der Waals surface area (Å²) >= 11 is 0. The van der Waals surface area contributed by atoms with Gasteiger partial charge in [0.15, 0.2) is 0 Å². The van der Waals surface area contributed by atoms with Gasteiger partial charge in [0.25, 0.3) is 5.91 Å². The molecule has 1 saturated heterocycles. The molecule has 1 aromatic rings. The van der Waals surface area contributed by atoms with E-state index in [9.17, 15) is 14.4 Å². The van der Waals surface area contributed by atoms with Crippen molar-refractivity contribution in [3.05, 3.63) is 29.8 Å². The molecule has 0 aromatic heterocycles. The fourth-order valence-corrected chi connectivity index (χ4v) is 3.59. The Kier molecular flexibility index (Phi) is 7.00. The summed E-state index contributed by atoms with van der Waals surface area (Å²) in [5.41, 5.74) is 1.53. The third kappa shape index (κ3) is 4.69. The van der Waals surface area contributed by atoms with E-state index in [1.54, 1.807) is 4.90 Å². The van der Waals surface area contributed by atoms with Crippen LogP contribution >= 0.6 is 0 Å². The van der Waals surface area contributed by atoms with E-state index in [1.807, 2.05) is 31.2 Å². The molecule has 0 aliphatic carbocycles. The lowest BCUT2D eigenvalue weighted by Crippen LogP contribution is -2.45. The number of para-hydroxylation sites is 1. The van der Waals surface area contributed by atoms with Crippen LogP contribution in [0.4, 0.5) is 5.69 Å². The number of hydrogen-bond acceptors (Lipinski definition) is 5. The molecule has 2 N–H and O–H groups in total. The minimum atomic E-state index is -0.811. The largest absolute Gasteiger partial charge is 0.379 e. The van der Waals surface area contributed by atoms with Crippen molar-refractivity contribution in [1.29, 1.82) is 0 Å². The van der Waals surface area contributed by atoms with Crippen molar-refractivity contribution >= 4 is 23.4 Å². The highest BCUT2D eigenvalue weighted by Gasteiger charge is 2.38. The smallest absolute Gasteiger partial charge is 0.310 e. The van der Waals surface area contributed by atoms with Gasteiger partial charge in [-0.3, -0.25) is 19.3 Å². The molecule has 28 heavy (non-hydrogen) atoms. The van der Waals surface area contributed by atoms with Crippen LogP contribution in [0.1, 0.15) is 31.4 Å². The summed E-state index contributed by atoms with van der Waals surface area (Å²) in [7, 11) is 0. The molecule has 1 fully saturated rings. The number of nitrogens with zero attached hydrogens (tertiary/aromatic N) is 2. The van der Waals surface area contributed by atoms with E-state index in [-0.39, 0.29) is 5.91 Å². The molecule has 8 heteroatoms. The second kappa shape index (κ2) is 9.66. The topological polar surface area (TPSA) is 91.0 Å². The molecule has 0 unspecified atom stereocenters. The van der Waals surface area contributed by atoms with Crippen LogP contribution in [0.2, 0.25) is 0 Å². The SMILES string of the molecule is CCCN1C(=O)[C@@H](NC(=O)C(=O)NCCCN2CCOCC2)c2ccccc21. The molecule has 2 heterocycles. The lowest BCUT2D eigenvalue weighted by Gasteiger charge is -2.26. The summed E-state index contributed by atoms with van der Waals surface area (Å²) in [5, 5.41) is 5.23. The van der Waals surface area contributed by atoms with Gasteiger partial charge in [-0.1, -0.05) is 25.1 Å². The maximum atomic E-state index is 12.7. The van der Waals surface area contributed by atoms with E-state index < -0.39 is 17.9 Å². The lowest BCUT2D eigenvalue weighted by atomic mass is 10.1. The Morgan fingerprint density at radius 2 is 1.89 bits per heavy atom. The lowest BCUT2D eigenvalue weighted by molar-refractivity contribution is -0.140. The van der Waals surface area contributed by atoms with Crippen LogP contribution < -0.4 is 15.5 Å². The van der Waals surface area contributed by atoms with E-state index in [4.69, 9.17) is 4.74 Å². The number of carbonyl (C=O) groups excluding carboxylic acids is 3.